The van der Waals surface area contributed by atoms with Gasteiger partial charge >= 0.3 is 0 Å². The zero-order valence-electron chi connectivity index (χ0n) is 10.2. The molecule has 4 heteroatoms. The molecule has 0 amide bonds. The smallest absolute Gasteiger partial charge is 0.213 e. The van der Waals surface area contributed by atoms with Crippen LogP contribution in [0.4, 0.5) is 0 Å². The maximum Gasteiger partial charge on any atom is 0.213 e. The van der Waals surface area contributed by atoms with Crippen LogP contribution < -0.4 is 10.5 Å². The van der Waals surface area contributed by atoms with E-state index in [1.165, 1.54) is 19.3 Å². The van der Waals surface area contributed by atoms with Crippen molar-refractivity contribution in [2.45, 2.75) is 38.7 Å². The highest BCUT2D eigenvalue weighted by Crippen LogP contribution is 2.28. The zero-order chi connectivity index (χ0) is 12.3. The van der Waals surface area contributed by atoms with Crippen molar-refractivity contribution < 1.29 is 4.74 Å². The van der Waals surface area contributed by atoms with E-state index in [2.05, 4.69) is 20.9 Å². The van der Waals surface area contributed by atoms with E-state index >= 15 is 0 Å². The highest BCUT2D eigenvalue weighted by Gasteiger charge is 2.25. The highest BCUT2D eigenvalue weighted by atomic mass is 79.9. The number of halogens is 1. The lowest BCUT2D eigenvalue weighted by molar-refractivity contribution is 0.0921. The summed E-state index contributed by atoms with van der Waals surface area (Å²) in [7, 11) is 0. The van der Waals surface area contributed by atoms with Crippen molar-refractivity contribution in [3.8, 4) is 5.88 Å². The summed E-state index contributed by atoms with van der Waals surface area (Å²) in [4.78, 5) is 4.43. The van der Waals surface area contributed by atoms with E-state index in [0.29, 0.717) is 12.5 Å². The van der Waals surface area contributed by atoms with E-state index in [9.17, 15) is 0 Å². The quantitative estimate of drug-likeness (QED) is 0.933. The van der Waals surface area contributed by atoms with Gasteiger partial charge in [-0.05, 0) is 54.7 Å². The van der Waals surface area contributed by atoms with Crippen LogP contribution in [0.3, 0.4) is 0 Å². The van der Waals surface area contributed by atoms with Gasteiger partial charge in [0.2, 0.25) is 5.88 Å². The van der Waals surface area contributed by atoms with Gasteiger partial charge in [0.25, 0.3) is 0 Å². The molecular formula is C13H19BrN2O. The Hall–Kier alpha value is -0.610. The van der Waals surface area contributed by atoms with Crippen LogP contribution >= 0.6 is 15.9 Å². The number of nitrogens with zero attached hydrogens (tertiary/aromatic N) is 1. The molecule has 1 aliphatic carbocycles. The molecule has 1 aliphatic rings. The van der Waals surface area contributed by atoms with Gasteiger partial charge in [-0.25, -0.2) is 4.98 Å². The Labute approximate surface area is 111 Å². The zero-order valence-corrected chi connectivity index (χ0v) is 11.7. The fraction of sp³-hybridized carbons (Fsp3) is 0.615. The molecule has 1 heterocycles. The van der Waals surface area contributed by atoms with Gasteiger partial charge < -0.3 is 10.5 Å². The van der Waals surface area contributed by atoms with E-state index in [-0.39, 0.29) is 6.10 Å². The summed E-state index contributed by atoms with van der Waals surface area (Å²) < 4.78 is 7.00. The SMILES string of the molecule is Cc1nc(OC2CCCCC2CN)ccc1Br. The normalized spacial score (nSPS) is 24.6. The van der Waals surface area contributed by atoms with Gasteiger partial charge in [-0.15, -0.1) is 0 Å². The molecule has 1 aromatic rings. The second kappa shape index (κ2) is 5.83. The van der Waals surface area contributed by atoms with Crippen LogP contribution in [0.1, 0.15) is 31.4 Å². The Morgan fingerprint density at radius 1 is 1.41 bits per heavy atom. The molecule has 17 heavy (non-hydrogen) atoms. The number of rotatable bonds is 3. The van der Waals surface area contributed by atoms with Crippen LogP contribution in [0, 0.1) is 12.8 Å². The van der Waals surface area contributed by atoms with Crippen molar-refractivity contribution in [3.63, 3.8) is 0 Å². The average Bonchev–Trinajstić information content (AvgIpc) is 2.34. The second-order valence-electron chi connectivity index (χ2n) is 4.65. The lowest BCUT2D eigenvalue weighted by atomic mass is 9.86. The molecule has 0 saturated heterocycles. The third-order valence-electron chi connectivity index (χ3n) is 3.41. The van der Waals surface area contributed by atoms with Crippen LogP contribution in [0.5, 0.6) is 5.88 Å². The fourth-order valence-corrected chi connectivity index (χ4v) is 2.56. The molecule has 2 atom stereocenters. The lowest BCUT2D eigenvalue weighted by Gasteiger charge is -2.30. The van der Waals surface area contributed by atoms with Gasteiger partial charge in [0.15, 0.2) is 0 Å². The minimum absolute atomic E-state index is 0.238. The first-order valence-corrected chi connectivity index (χ1v) is 7.00. The third-order valence-corrected chi connectivity index (χ3v) is 4.25. The summed E-state index contributed by atoms with van der Waals surface area (Å²) in [6.07, 6.45) is 5.02. The minimum atomic E-state index is 0.238. The van der Waals surface area contributed by atoms with E-state index in [0.717, 1.165) is 22.5 Å². The summed E-state index contributed by atoms with van der Waals surface area (Å²) in [6, 6.07) is 3.90. The summed E-state index contributed by atoms with van der Waals surface area (Å²) >= 11 is 3.44. The number of aromatic nitrogens is 1. The van der Waals surface area contributed by atoms with Crippen LogP contribution in [-0.4, -0.2) is 17.6 Å². The van der Waals surface area contributed by atoms with Gasteiger partial charge in [0.05, 0.1) is 5.69 Å². The first kappa shape index (κ1) is 12.8. The van der Waals surface area contributed by atoms with Crippen molar-refractivity contribution in [1.29, 1.82) is 0 Å². The highest BCUT2D eigenvalue weighted by molar-refractivity contribution is 9.10. The number of hydrogen-bond acceptors (Lipinski definition) is 3. The topological polar surface area (TPSA) is 48.1 Å². The van der Waals surface area contributed by atoms with Crippen LogP contribution in [0.15, 0.2) is 16.6 Å². The van der Waals surface area contributed by atoms with Gasteiger partial charge in [-0.3, -0.25) is 0 Å². The van der Waals surface area contributed by atoms with Gasteiger partial charge in [-0.2, -0.15) is 0 Å². The Kier molecular flexibility index (Phi) is 4.40. The molecule has 1 aromatic heterocycles. The van der Waals surface area contributed by atoms with Gasteiger partial charge in [0.1, 0.15) is 6.10 Å². The molecule has 0 bridgehead atoms. The maximum atomic E-state index is 5.98. The molecule has 0 radical (unpaired) electrons. The molecule has 0 spiro atoms. The third kappa shape index (κ3) is 3.19. The van der Waals surface area contributed by atoms with Gasteiger partial charge in [0, 0.05) is 16.5 Å². The average molecular weight is 299 g/mol. The number of pyridine rings is 1. The molecule has 0 aromatic carbocycles. The molecule has 0 aliphatic heterocycles. The summed E-state index contributed by atoms with van der Waals surface area (Å²) in [5, 5.41) is 0. The first-order valence-electron chi connectivity index (χ1n) is 6.20. The maximum absolute atomic E-state index is 5.98. The lowest BCUT2D eigenvalue weighted by Crippen LogP contribution is -2.35. The predicted octanol–water partition coefficient (Wildman–Crippen LogP) is 3.05. The molecule has 1 saturated carbocycles. The molecule has 2 rings (SSSR count). The Bertz CT molecular complexity index is 384. The molecular weight excluding hydrogens is 280 g/mol. The summed E-state index contributed by atoms with van der Waals surface area (Å²) in [5.41, 5.74) is 6.75. The Balaban J connectivity index is 2.05. The fourth-order valence-electron chi connectivity index (χ4n) is 2.34. The number of ether oxygens (including phenoxy) is 1. The van der Waals surface area contributed by atoms with Crippen molar-refractivity contribution in [2.75, 3.05) is 6.54 Å². The van der Waals surface area contributed by atoms with Crippen molar-refractivity contribution in [3.05, 3.63) is 22.3 Å². The molecule has 94 valence electrons. The van der Waals surface area contributed by atoms with Crippen molar-refractivity contribution in [2.24, 2.45) is 11.7 Å². The van der Waals surface area contributed by atoms with E-state index in [1.54, 1.807) is 0 Å². The van der Waals surface area contributed by atoms with E-state index in [1.807, 2.05) is 19.1 Å². The van der Waals surface area contributed by atoms with Crippen molar-refractivity contribution >= 4 is 15.9 Å². The van der Waals surface area contributed by atoms with Crippen LogP contribution in [0.25, 0.3) is 0 Å². The molecule has 2 N–H and O–H groups in total. The van der Waals surface area contributed by atoms with E-state index in [4.69, 9.17) is 10.5 Å². The van der Waals surface area contributed by atoms with E-state index < -0.39 is 0 Å². The van der Waals surface area contributed by atoms with Crippen LogP contribution in [-0.2, 0) is 0 Å². The largest absolute Gasteiger partial charge is 0.474 e. The standard InChI is InChI=1S/C13H19BrN2O/c1-9-11(14)6-7-13(16-9)17-12-5-3-2-4-10(12)8-15/h6-7,10,12H,2-5,8,15H2,1H3. The van der Waals surface area contributed by atoms with Gasteiger partial charge in [-0.1, -0.05) is 6.42 Å². The second-order valence-corrected chi connectivity index (χ2v) is 5.51. The van der Waals surface area contributed by atoms with Crippen LogP contribution in [0.2, 0.25) is 0 Å². The number of nitrogens with two attached hydrogens (primary N) is 1. The molecule has 2 unspecified atom stereocenters. The first-order chi connectivity index (χ1) is 8.20. The summed E-state index contributed by atoms with van der Waals surface area (Å²) in [6.45, 7) is 2.68. The Morgan fingerprint density at radius 3 is 2.88 bits per heavy atom. The summed E-state index contributed by atoms with van der Waals surface area (Å²) in [5.74, 6) is 1.20. The Morgan fingerprint density at radius 2 is 2.18 bits per heavy atom. The monoisotopic (exact) mass is 298 g/mol. The number of hydrogen-bond donors (Lipinski definition) is 1. The molecule has 3 nitrogen and oxygen atoms in total. The molecule has 1 fully saturated rings. The predicted molar refractivity (Wildman–Crippen MR) is 72.1 cm³/mol. The number of aryl methyl sites for hydroxylation is 1. The minimum Gasteiger partial charge on any atom is -0.474 e. The van der Waals surface area contributed by atoms with Crippen molar-refractivity contribution in [1.82, 2.24) is 4.98 Å².